The Balaban J connectivity index is 0.00000243. The van der Waals surface area contributed by atoms with Crippen LogP contribution < -0.4 is 10.6 Å². The number of aliphatic imine (C=N–C) groups is 1. The molecule has 3 rings (SSSR count). The first-order valence-electron chi connectivity index (χ1n) is 9.12. The first kappa shape index (κ1) is 21.1. The molecule has 2 N–H and O–H groups in total. The first-order chi connectivity index (χ1) is 12.2. The zero-order valence-electron chi connectivity index (χ0n) is 15.6. The topological polar surface area (TPSA) is 67.1 Å². The molecule has 0 radical (unpaired) electrons. The predicted octanol–water partition coefficient (Wildman–Crippen LogP) is 3.45. The second-order valence-corrected chi connectivity index (χ2v) is 7.61. The molecule has 144 valence electrons. The van der Waals surface area contributed by atoms with Crippen LogP contribution in [0.2, 0.25) is 0 Å². The normalized spacial score (nSPS) is 16.8. The molecule has 0 bridgehead atoms. The lowest BCUT2D eigenvalue weighted by molar-refractivity contribution is 0.296. The number of rotatable bonds is 6. The van der Waals surface area contributed by atoms with Crippen molar-refractivity contribution in [2.75, 3.05) is 13.1 Å². The molecule has 0 unspecified atom stereocenters. The van der Waals surface area contributed by atoms with Gasteiger partial charge in [-0.3, -0.25) is 4.68 Å². The van der Waals surface area contributed by atoms with Gasteiger partial charge in [-0.1, -0.05) is 25.3 Å². The standard InChI is InChI=1S/C18H28N6S.HI/c1-3-19-17(20-12-16-22-14-23-24(16)2)21-13-18(9-5-4-6-10-18)15-8-7-11-25-15;/h7-8,11,14H,3-6,9-10,12-13H2,1-2H3,(H2,19,20,21);1H. The highest BCUT2D eigenvalue weighted by Crippen LogP contribution is 2.41. The molecule has 1 fully saturated rings. The van der Waals surface area contributed by atoms with Crippen LogP contribution in [0.25, 0.3) is 0 Å². The molecule has 1 aliphatic rings. The molecule has 0 aliphatic heterocycles. The molecule has 2 aromatic rings. The highest BCUT2D eigenvalue weighted by molar-refractivity contribution is 14.0. The largest absolute Gasteiger partial charge is 0.357 e. The van der Waals surface area contributed by atoms with Crippen molar-refractivity contribution in [1.29, 1.82) is 0 Å². The van der Waals surface area contributed by atoms with E-state index in [1.807, 2.05) is 18.4 Å². The molecular formula is C18H29IN6S. The van der Waals surface area contributed by atoms with Gasteiger partial charge in [-0.2, -0.15) is 5.10 Å². The average molecular weight is 488 g/mol. The average Bonchev–Trinajstić information content (AvgIpc) is 3.30. The minimum atomic E-state index is 0. The van der Waals surface area contributed by atoms with Gasteiger partial charge in [0.1, 0.15) is 18.7 Å². The van der Waals surface area contributed by atoms with Gasteiger partial charge >= 0.3 is 0 Å². The van der Waals surface area contributed by atoms with E-state index in [0.29, 0.717) is 6.54 Å². The summed E-state index contributed by atoms with van der Waals surface area (Å²) in [4.78, 5) is 10.4. The van der Waals surface area contributed by atoms with Crippen molar-refractivity contribution in [3.63, 3.8) is 0 Å². The lowest BCUT2D eigenvalue weighted by Gasteiger charge is -2.37. The van der Waals surface area contributed by atoms with Crippen molar-refractivity contribution < 1.29 is 0 Å². The van der Waals surface area contributed by atoms with E-state index in [0.717, 1.165) is 24.9 Å². The molecule has 0 amide bonds. The molecular weight excluding hydrogens is 459 g/mol. The van der Waals surface area contributed by atoms with Crippen LogP contribution in [-0.2, 0) is 19.0 Å². The van der Waals surface area contributed by atoms with E-state index in [4.69, 9.17) is 0 Å². The van der Waals surface area contributed by atoms with Gasteiger partial charge < -0.3 is 10.6 Å². The maximum Gasteiger partial charge on any atom is 0.191 e. The third-order valence-electron chi connectivity index (χ3n) is 4.98. The number of aromatic nitrogens is 3. The summed E-state index contributed by atoms with van der Waals surface area (Å²) in [6, 6.07) is 4.46. The van der Waals surface area contributed by atoms with Crippen LogP contribution in [0, 0.1) is 0 Å². The van der Waals surface area contributed by atoms with Crippen LogP contribution in [0.1, 0.15) is 49.7 Å². The lowest BCUT2D eigenvalue weighted by atomic mass is 9.73. The highest BCUT2D eigenvalue weighted by Gasteiger charge is 2.34. The fourth-order valence-electron chi connectivity index (χ4n) is 3.53. The second-order valence-electron chi connectivity index (χ2n) is 6.67. The molecule has 6 nitrogen and oxygen atoms in total. The van der Waals surface area contributed by atoms with E-state index in [9.17, 15) is 0 Å². The lowest BCUT2D eigenvalue weighted by Crippen LogP contribution is -2.46. The monoisotopic (exact) mass is 488 g/mol. The molecule has 0 saturated heterocycles. The first-order valence-corrected chi connectivity index (χ1v) is 10.0. The summed E-state index contributed by atoms with van der Waals surface area (Å²) in [6.07, 6.45) is 8.05. The molecule has 1 saturated carbocycles. The van der Waals surface area contributed by atoms with E-state index in [1.54, 1.807) is 11.0 Å². The maximum atomic E-state index is 4.69. The van der Waals surface area contributed by atoms with Crippen LogP contribution in [0.15, 0.2) is 28.8 Å². The van der Waals surface area contributed by atoms with Crippen molar-refractivity contribution in [3.05, 3.63) is 34.5 Å². The van der Waals surface area contributed by atoms with E-state index >= 15 is 0 Å². The van der Waals surface area contributed by atoms with E-state index in [1.165, 1.54) is 37.0 Å². The second kappa shape index (κ2) is 10.2. The van der Waals surface area contributed by atoms with Crippen molar-refractivity contribution in [3.8, 4) is 0 Å². The molecule has 8 heteroatoms. The number of hydrogen-bond donors (Lipinski definition) is 2. The summed E-state index contributed by atoms with van der Waals surface area (Å²) in [5, 5.41) is 13.2. The number of aryl methyl sites for hydroxylation is 1. The number of nitrogens with one attached hydrogen (secondary N) is 2. The molecule has 1 aliphatic carbocycles. The van der Waals surface area contributed by atoms with Gasteiger partial charge in [-0.25, -0.2) is 9.98 Å². The van der Waals surface area contributed by atoms with Gasteiger partial charge in [0.25, 0.3) is 0 Å². The fraction of sp³-hybridized carbons (Fsp3) is 0.611. The SMILES string of the molecule is CCNC(=NCc1ncnn1C)NCC1(c2cccs2)CCCCC1.I. The minimum Gasteiger partial charge on any atom is -0.357 e. The zero-order chi connectivity index (χ0) is 17.5. The summed E-state index contributed by atoms with van der Waals surface area (Å²) < 4.78 is 1.77. The Labute approximate surface area is 176 Å². The van der Waals surface area contributed by atoms with Crippen LogP contribution in [-0.4, -0.2) is 33.8 Å². The Hall–Kier alpha value is -1.16. The number of halogens is 1. The predicted molar refractivity (Wildman–Crippen MR) is 118 cm³/mol. The summed E-state index contributed by atoms with van der Waals surface area (Å²) >= 11 is 1.88. The molecule has 2 aromatic heterocycles. The van der Waals surface area contributed by atoms with Crippen molar-refractivity contribution in [2.24, 2.45) is 12.0 Å². The maximum absolute atomic E-state index is 4.69. The quantitative estimate of drug-likeness (QED) is 0.372. The number of hydrogen-bond acceptors (Lipinski definition) is 4. The van der Waals surface area contributed by atoms with E-state index in [-0.39, 0.29) is 29.4 Å². The zero-order valence-corrected chi connectivity index (χ0v) is 18.7. The van der Waals surface area contributed by atoms with Crippen molar-refractivity contribution in [2.45, 2.75) is 51.0 Å². The van der Waals surface area contributed by atoms with Crippen LogP contribution in [0.4, 0.5) is 0 Å². The number of guanidine groups is 1. The smallest absolute Gasteiger partial charge is 0.191 e. The van der Waals surface area contributed by atoms with Gasteiger partial charge in [0.15, 0.2) is 5.96 Å². The summed E-state index contributed by atoms with van der Waals surface area (Å²) in [5.41, 5.74) is 0.243. The molecule has 0 atom stereocenters. The minimum absolute atomic E-state index is 0. The molecule has 0 spiro atoms. The molecule has 2 heterocycles. The van der Waals surface area contributed by atoms with Gasteiger partial charge in [-0.05, 0) is 31.2 Å². The molecule has 26 heavy (non-hydrogen) atoms. The van der Waals surface area contributed by atoms with Gasteiger partial charge in [-0.15, -0.1) is 35.3 Å². The van der Waals surface area contributed by atoms with Crippen LogP contribution in [0.5, 0.6) is 0 Å². The van der Waals surface area contributed by atoms with Gasteiger partial charge in [0.2, 0.25) is 0 Å². The van der Waals surface area contributed by atoms with Crippen molar-refractivity contribution >= 4 is 41.3 Å². The van der Waals surface area contributed by atoms with Gasteiger partial charge in [0, 0.05) is 30.4 Å². The Morgan fingerprint density at radius 3 is 2.73 bits per heavy atom. The Kier molecular flexibility index (Phi) is 8.33. The number of thiophene rings is 1. The van der Waals surface area contributed by atoms with Crippen LogP contribution in [0.3, 0.4) is 0 Å². The summed E-state index contributed by atoms with van der Waals surface area (Å²) in [5.74, 6) is 1.72. The molecule has 0 aromatic carbocycles. The summed E-state index contributed by atoms with van der Waals surface area (Å²) in [6.45, 7) is 4.39. The van der Waals surface area contributed by atoms with Gasteiger partial charge in [0.05, 0.1) is 0 Å². The third-order valence-corrected chi connectivity index (χ3v) is 6.09. The summed E-state index contributed by atoms with van der Waals surface area (Å²) in [7, 11) is 1.89. The Morgan fingerprint density at radius 2 is 2.12 bits per heavy atom. The highest BCUT2D eigenvalue weighted by atomic mass is 127. The Bertz CT molecular complexity index is 676. The van der Waals surface area contributed by atoms with Crippen molar-refractivity contribution in [1.82, 2.24) is 25.4 Å². The van der Waals surface area contributed by atoms with E-state index in [2.05, 4.69) is 50.1 Å². The van der Waals surface area contributed by atoms with E-state index < -0.39 is 0 Å². The Morgan fingerprint density at radius 1 is 1.31 bits per heavy atom. The third kappa shape index (κ3) is 5.18. The number of nitrogens with zero attached hydrogens (tertiary/aromatic N) is 4. The van der Waals surface area contributed by atoms with Crippen LogP contribution >= 0.6 is 35.3 Å². The fourth-order valence-corrected chi connectivity index (χ4v) is 4.51.